The maximum absolute atomic E-state index is 12.0. The number of hydrogen-bond acceptors (Lipinski definition) is 1. The number of carbonyl (C=O) groups excluding carboxylic acids is 1. The molecule has 0 bridgehead atoms. The molecule has 1 fully saturated rings. The van der Waals surface area contributed by atoms with Crippen molar-refractivity contribution in [1.29, 1.82) is 0 Å². The van der Waals surface area contributed by atoms with Crippen LogP contribution in [0.4, 0.5) is 0 Å². The van der Waals surface area contributed by atoms with E-state index in [-0.39, 0.29) is 5.91 Å². The highest BCUT2D eigenvalue weighted by atomic mass is 35.5. The normalized spacial score (nSPS) is 20.7. The molecule has 1 aliphatic heterocycles. The first-order valence-electron chi connectivity index (χ1n) is 5.21. The van der Waals surface area contributed by atoms with Crippen LogP contribution in [0.5, 0.6) is 0 Å². The van der Waals surface area contributed by atoms with Gasteiger partial charge in [-0.05, 0) is 36.6 Å². The molecule has 1 aromatic rings. The molecule has 0 radical (unpaired) electrons. The van der Waals surface area contributed by atoms with Gasteiger partial charge in [0.15, 0.2) is 0 Å². The van der Waals surface area contributed by atoms with E-state index in [1.54, 1.807) is 24.3 Å². The lowest BCUT2D eigenvalue weighted by Crippen LogP contribution is -2.28. The van der Waals surface area contributed by atoms with Crippen molar-refractivity contribution in [2.24, 2.45) is 5.92 Å². The lowest BCUT2D eigenvalue weighted by Gasteiger charge is -2.15. The largest absolute Gasteiger partial charge is 0.338 e. The molecule has 0 N–H and O–H groups in total. The predicted molar refractivity (Wildman–Crippen MR) is 61.1 cm³/mol. The minimum Gasteiger partial charge on any atom is -0.338 e. The Hall–Kier alpha value is -1.02. The number of benzene rings is 1. The van der Waals surface area contributed by atoms with Gasteiger partial charge in [0.25, 0.3) is 5.91 Å². The molecule has 0 spiro atoms. The second-order valence-electron chi connectivity index (χ2n) is 4.15. The van der Waals surface area contributed by atoms with Gasteiger partial charge < -0.3 is 4.90 Å². The van der Waals surface area contributed by atoms with Gasteiger partial charge in [-0.25, -0.2) is 0 Å². The molecule has 3 heteroatoms. The van der Waals surface area contributed by atoms with E-state index in [1.165, 1.54) is 0 Å². The van der Waals surface area contributed by atoms with Crippen LogP contribution < -0.4 is 0 Å². The number of halogens is 1. The molecule has 0 saturated carbocycles. The van der Waals surface area contributed by atoms with Crippen molar-refractivity contribution >= 4 is 17.5 Å². The molecule has 15 heavy (non-hydrogen) atoms. The van der Waals surface area contributed by atoms with E-state index in [1.807, 2.05) is 4.90 Å². The van der Waals surface area contributed by atoms with Gasteiger partial charge in [0.1, 0.15) is 0 Å². The molecule has 1 unspecified atom stereocenters. The van der Waals surface area contributed by atoms with E-state index in [2.05, 4.69) is 6.92 Å². The van der Waals surface area contributed by atoms with Crippen molar-refractivity contribution in [2.75, 3.05) is 13.1 Å². The predicted octanol–water partition coefficient (Wildman–Crippen LogP) is 2.82. The maximum atomic E-state index is 12.0. The van der Waals surface area contributed by atoms with E-state index < -0.39 is 0 Å². The SMILES string of the molecule is CC1CCN(C(=O)c2ccc(Cl)cc2)C1. The first kappa shape index (κ1) is 10.5. The zero-order valence-corrected chi connectivity index (χ0v) is 9.50. The second kappa shape index (κ2) is 4.23. The van der Waals surface area contributed by atoms with Crippen molar-refractivity contribution in [3.05, 3.63) is 34.9 Å². The minimum absolute atomic E-state index is 0.121. The van der Waals surface area contributed by atoms with Gasteiger partial charge in [-0.1, -0.05) is 18.5 Å². The lowest BCUT2D eigenvalue weighted by atomic mass is 10.2. The summed E-state index contributed by atoms with van der Waals surface area (Å²) in [6.45, 7) is 3.93. The molecule has 2 nitrogen and oxygen atoms in total. The molecule has 0 aromatic heterocycles. The Morgan fingerprint density at radius 2 is 2.07 bits per heavy atom. The number of likely N-dealkylation sites (tertiary alicyclic amines) is 1. The lowest BCUT2D eigenvalue weighted by molar-refractivity contribution is 0.0788. The van der Waals surface area contributed by atoms with Crippen LogP contribution in [0, 0.1) is 5.92 Å². The summed E-state index contributed by atoms with van der Waals surface area (Å²) in [5.41, 5.74) is 0.730. The van der Waals surface area contributed by atoms with Crippen molar-refractivity contribution < 1.29 is 4.79 Å². The fourth-order valence-corrected chi connectivity index (χ4v) is 2.02. The van der Waals surface area contributed by atoms with E-state index >= 15 is 0 Å². The van der Waals surface area contributed by atoms with Crippen LogP contribution in [0.1, 0.15) is 23.7 Å². The fraction of sp³-hybridized carbons (Fsp3) is 0.417. The van der Waals surface area contributed by atoms with E-state index in [0.717, 1.165) is 25.1 Å². The van der Waals surface area contributed by atoms with Crippen LogP contribution in [0.3, 0.4) is 0 Å². The second-order valence-corrected chi connectivity index (χ2v) is 4.59. The summed E-state index contributed by atoms with van der Waals surface area (Å²) in [7, 11) is 0. The third kappa shape index (κ3) is 2.32. The van der Waals surface area contributed by atoms with Crippen LogP contribution in [-0.2, 0) is 0 Å². The van der Waals surface area contributed by atoms with Crippen LogP contribution in [0.15, 0.2) is 24.3 Å². The topological polar surface area (TPSA) is 20.3 Å². The standard InChI is InChI=1S/C12H14ClNO/c1-9-6-7-14(8-9)12(15)10-2-4-11(13)5-3-10/h2-5,9H,6-8H2,1H3. The Bertz CT molecular complexity index is 360. The molecular formula is C12H14ClNO. The Kier molecular flexibility index (Phi) is 2.96. The smallest absolute Gasteiger partial charge is 0.253 e. The van der Waals surface area contributed by atoms with Crippen molar-refractivity contribution in [3.8, 4) is 0 Å². The highest BCUT2D eigenvalue weighted by Crippen LogP contribution is 2.18. The summed E-state index contributed by atoms with van der Waals surface area (Å²) < 4.78 is 0. The van der Waals surface area contributed by atoms with Gasteiger partial charge >= 0.3 is 0 Å². The zero-order valence-electron chi connectivity index (χ0n) is 8.74. The van der Waals surface area contributed by atoms with Gasteiger partial charge in [0.05, 0.1) is 0 Å². The van der Waals surface area contributed by atoms with Crippen LogP contribution >= 0.6 is 11.6 Å². The van der Waals surface area contributed by atoms with Gasteiger partial charge in [0, 0.05) is 23.7 Å². The van der Waals surface area contributed by atoms with Crippen molar-refractivity contribution in [1.82, 2.24) is 4.90 Å². The van der Waals surface area contributed by atoms with Gasteiger partial charge in [-0.15, -0.1) is 0 Å². The van der Waals surface area contributed by atoms with Crippen LogP contribution in [0.25, 0.3) is 0 Å². The van der Waals surface area contributed by atoms with Crippen molar-refractivity contribution in [2.45, 2.75) is 13.3 Å². The summed E-state index contributed by atoms with van der Waals surface area (Å²) in [5.74, 6) is 0.747. The summed E-state index contributed by atoms with van der Waals surface area (Å²) >= 11 is 5.77. The monoisotopic (exact) mass is 223 g/mol. The zero-order chi connectivity index (χ0) is 10.8. The molecule has 1 atom stereocenters. The Morgan fingerprint density at radius 1 is 1.40 bits per heavy atom. The molecule has 1 aromatic carbocycles. The highest BCUT2D eigenvalue weighted by molar-refractivity contribution is 6.30. The van der Waals surface area contributed by atoms with E-state index in [0.29, 0.717) is 10.9 Å². The van der Waals surface area contributed by atoms with E-state index in [4.69, 9.17) is 11.6 Å². The third-order valence-electron chi connectivity index (χ3n) is 2.80. The molecule has 2 rings (SSSR count). The summed E-state index contributed by atoms with van der Waals surface area (Å²) in [4.78, 5) is 13.9. The Labute approximate surface area is 94.8 Å². The van der Waals surface area contributed by atoms with Gasteiger partial charge in [-0.3, -0.25) is 4.79 Å². The molecule has 0 aliphatic carbocycles. The first-order chi connectivity index (χ1) is 7.16. The van der Waals surface area contributed by atoms with Crippen LogP contribution in [0.2, 0.25) is 5.02 Å². The Morgan fingerprint density at radius 3 is 2.60 bits per heavy atom. The number of nitrogens with zero attached hydrogens (tertiary/aromatic N) is 1. The average molecular weight is 224 g/mol. The summed E-state index contributed by atoms with van der Waals surface area (Å²) in [5, 5.41) is 0.668. The molecular weight excluding hydrogens is 210 g/mol. The first-order valence-corrected chi connectivity index (χ1v) is 5.59. The molecule has 1 aliphatic rings. The minimum atomic E-state index is 0.121. The molecule has 80 valence electrons. The molecule has 1 saturated heterocycles. The number of carbonyl (C=O) groups is 1. The molecule has 1 heterocycles. The number of hydrogen-bond donors (Lipinski definition) is 0. The van der Waals surface area contributed by atoms with E-state index in [9.17, 15) is 4.79 Å². The highest BCUT2D eigenvalue weighted by Gasteiger charge is 2.23. The van der Waals surface area contributed by atoms with Crippen molar-refractivity contribution in [3.63, 3.8) is 0 Å². The summed E-state index contributed by atoms with van der Waals surface area (Å²) in [6.07, 6.45) is 1.11. The average Bonchev–Trinajstić information content (AvgIpc) is 2.65. The molecule has 1 amide bonds. The third-order valence-corrected chi connectivity index (χ3v) is 3.05. The Balaban J connectivity index is 2.11. The maximum Gasteiger partial charge on any atom is 0.253 e. The summed E-state index contributed by atoms with van der Waals surface area (Å²) in [6, 6.07) is 7.09. The number of rotatable bonds is 1. The van der Waals surface area contributed by atoms with Gasteiger partial charge in [-0.2, -0.15) is 0 Å². The quantitative estimate of drug-likeness (QED) is 0.717. The number of amides is 1. The van der Waals surface area contributed by atoms with Gasteiger partial charge in [0.2, 0.25) is 0 Å². The fourth-order valence-electron chi connectivity index (χ4n) is 1.89. The van der Waals surface area contributed by atoms with Crippen LogP contribution in [-0.4, -0.2) is 23.9 Å².